The molecular weight excluding hydrogens is 188 g/mol. The number of anilines is 2. The SMILES string of the molecule is Nc1cnc(NN2CCOCC2)s1. The van der Waals surface area contributed by atoms with Gasteiger partial charge in [0.2, 0.25) is 0 Å². The van der Waals surface area contributed by atoms with Crippen molar-refractivity contribution in [1.29, 1.82) is 0 Å². The first-order valence-corrected chi connectivity index (χ1v) is 4.97. The van der Waals surface area contributed by atoms with E-state index in [0.29, 0.717) is 0 Å². The van der Waals surface area contributed by atoms with Crippen LogP contribution in [-0.2, 0) is 4.74 Å². The first-order chi connectivity index (χ1) is 6.34. The molecule has 2 heterocycles. The van der Waals surface area contributed by atoms with Crippen molar-refractivity contribution in [2.45, 2.75) is 0 Å². The minimum atomic E-state index is 0.732. The molecule has 3 N–H and O–H groups in total. The first kappa shape index (κ1) is 8.74. The Hall–Kier alpha value is -0.850. The molecule has 1 fully saturated rings. The maximum absolute atomic E-state index is 5.56. The summed E-state index contributed by atoms with van der Waals surface area (Å²) in [6, 6.07) is 0. The van der Waals surface area contributed by atoms with Gasteiger partial charge in [0.05, 0.1) is 19.4 Å². The number of hydrogen-bond acceptors (Lipinski definition) is 6. The van der Waals surface area contributed by atoms with Crippen molar-refractivity contribution in [3.63, 3.8) is 0 Å². The van der Waals surface area contributed by atoms with Crippen LogP contribution in [0.2, 0.25) is 0 Å². The fraction of sp³-hybridized carbons (Fsp3) is 0.571. The second-order valence-corrected chi connectivity index (χ2v) is 3.84. The minimum Gasteiger partial charge on any atom is -0.389 e. The lowest BCUT2D eigenvalue weighted by Gasteiger charge is -2.26. The van der Waals surface area contributed by atoms with Gasteiger partial charge < -0.3 is 10.5 Å². The van der Waals surface area contributed by atoms with Crippen molar-refractivity contribution in [2.24, 2.45) is 0 Å². The third kappa shape index (κ3) is 2.30. The maximum Gasteiger partial charge on any atom is 0.199 e. The van der Waals surface area contributed by atoms with Crippen LogP contribution >= 0.6 is 11.3 Å². The van der Waals surface area contributed by atoms with Gasteiger partial charge in [-0.3, -0.25) is 5.43 Å². The standard InChI is InChI=1S/C7H12N4OS/c8-6-5-9-7(13-6)10-11-1-3-12-4-2-11/h5H,1-4,8H2,(H,9,10). The van der Waals surface area contributed by atoms with Crippen LogP contribution in [0, 0.1) is 0 Å². The molecule has 0 amide bonds. The number of thiazole rings is 1. The van der Waals surface area contributed by atoms with E-state index in [1.54, 1.807) is 6.20 Å². The highest BCUT2D eigenvalue weighted by molar-refractivity contribution is 7.19. The Bertz CT molecular complexity index is 271. The third-order valence-electron chi connectivity index (χ3n) is 1.79. The molecule has 13 heavy (non-hydrogen) atoms. The number of nitrogens with two attached hydrogens (primary N) is 1. The number of aromatic nitrogens is 1. The van der Waals surface area contributed by atoms with Crippen LogP contribution in [0.5, 0.6) is 0 Å². The van der Waals surface area contributed by atoms with Gasteiger partial charge >= 0.3 is 0 Å². The molecule has 0 saturated carbocycles. The molecule has 0 atom stereocenters. The molecule has 0 aliphatic carbocycles. The molecule has 6 heteroatoms. The lowest BCUT2D eigenvalue weighted by Crippen LogP contribution is -2.40. The molecule has 1 aromatic heterocycles. The summed E-state index contributed by atoms with van der Waals surface area (Å²) in [6.45, 7) is 3.32. The third-order valence-corrected chi connectivity index (χ3v) is 2.52. The summed E-state index contributed by atoms with van der Waals surface area (Å²) in [5.74, 6) is 0. The zero-order chi connectivity index (χ0) is 9.10. The number of hydrazine groups is 1. The molecule has 0 spiro atoms. The number of rotatable bonds is 2. The highest BCUT2D eigenvalue weighted by Crippen LogP contribution is 2.20. The fourth-order valence-corrected chi connectivity index (χ4v) is 1.76. The zero-order valence-corrected chi connectivity index (χ0v) is 8.01. The second kappa shape index (κ2) is 3.91. The molecule has 1 saturated heterocycles. The van der Waals surface area contributed by atoms with Crippen molar-refractivity contribution in [1.82, 2.24) is 9.99 Å². The molecule has 5 nitrogen and oxygen atoms in total. The van der Waals surface area contributed by atoms with Crippen molar-refractivity contribution in [3.8, 4) is 0 Å². The van der Waals surface area contributed by atoms with Crippen LogP contribution in [0.1, 0.15) is 0 Å². The molecule has 2 rings (SSSR count). The molecule has 0 radical (unpaired) electrons. The van der Waals surface area contributed by atoms with Crippen molar-refractivity contribution < 1.29 is 4.74 Å². The van der Waals surface area contributed by atoms with Crippen LogP contribution in [-0.4, -0.2) is 36.3 Å². The highest BCUT2D eigenvalue weighted by atomic mass is 32.1. The summed E-state index contributed by atoms with van der Waals surface area (Å²) >= 11 is 1.45. The van der Waals surface area contributed by atoms with Gasteiger partial charge in [-0.2, -0.15) is 0 Å². The number of nitrogens with zero attached hydrogens (tertiary/aromatic N) is 2. The first-order valence-electron chi connectivity index (χ1n) is 4.15. The summed E-state index contributed by atoms with van der Waals surface area (Å²) in [6.07, 6.45) is 1.66. The molecule has 0 aromatic carbocycles. The van der Waals surface area contributed by atoms with Crippen molar-refractivity contribution >= 4 is 21.5 Å². The summed E-state index contributed by atoms with van der Waals surface area (Å²) in [5.41, 5.74) is 8.74. The van der Waals surface area contributed by atoms with E-state index in [9.17, 15) is 0 Å². The Morgan fingerprint density at radius 2 is 2.31 bits per heavy atom. The molecule has 1 aliphatic heterocycles. The van der Waals surface area contributed by atoms with Crippen molar-refractivity contribution in [3.05, 3.63) is 6.20 Å². The van der Waals surface area contributed by atoms with Crippen LogP contribution < -0.4 is 11.2 Å². The van der Waals surface area contributed by atoms with E-state index < -0.39 is 0 Å². The number of hydrogen-bond donors (Lipinski definition) is 2. The monoisotopic (exact) mass is 200 g/mol. The number of nitrogens with one attached hydrogen (secondary N) is 1. The normalized spacial score (nSPS) is 18.8. The molecule has 1 aromatic rings. The van der Waals surface area contributed by atoms with E-state index >= 15 is 0 Å². The fourth-order valence-electron chi connectivity index (χ4n) is 1.15. The number of morpholine rings is 1. The Morgan fingerprint density at radius 1 is 1.54 bits per heavy atom. The Morgan fingerprint density at radius 3 is 2.92 bits per heavy atom. The van der Waals surface area contributed by atoms with Gasteiger partial charge in [0.15, 0.2) is 5.13 Å². The average molecular weight is 200 g/mol. The van der Waals surface area contributed by atoms with Crippen LogP contribution in [0.3, 0.4) is 0 Å². The van der Waals surface area contributed by atoms with E-state index in [1.165, 1.54) is 11.3 Å². The summed E-state index contributed by atoms with van der Waals surface area (Å²) in [7, 11) is 0. The van der Waals surface area contributed by atoms with Crippen LogP contribution in [0.15, 0.2) is 6.20 Å². The average Bonchev–Trinajstić information content (AvgIpc) is 2.53. The number of ether oxygens (including phenoxy) is 1. The molecule has 1 aliphatic rings. The lowest BCUT2D eigenvalue weighted by atomic mass is 10.5. The van der Waals surface area contributed by atoms with Gasteiger partial charge in [-0.15, -0.1) is 0 Å². The summed E-state index contributed by atoms with van der Waals surface area (Å²) < 4.78 is 5.22. The topological polar surface area (TPSA) is 63.4 Å². The Labute approximate surface area is 80.5 Å². The Kier molecular flexibility index (Phi) is 2.62. The van der Waals surface area contributed by atoms with Crippen LogP contribution in [0.4, 0.5) is 10.1 Å². The van der Waals surface area contributed by atoms with Gasteiger partial charge in [-0.05, 0) is 0 Å². The molecular formula is C7H12N4OS. The van der Waals surface area contributed by atoms with E-state index in [2.05, 4.69) is 15.4 Å². The minimum absolute atomic E-state index is 0.732. The summed E-state index contributed by atoms with van der Waals surface area (Å²) in [5, 5.41) is 3.66. The van der Waals surface area contributed by atoms with E-state index in [4.69, 9.17) is 10.5 Å². The predicted octanol–water partition coefficient (Wildman–Crippen LogP) is 0.384. The molecule has 72 valence electrons. The number of nitrogen functional groups attached to an aromatic ring is 1. The zero-order valence-electron chi connectivity index (χ0n) is 7.19. The van der Waals surface area contributed by atoms with Gasteiger partial charge in [-0.1, -0.05) is 11.3 Å². The molecule has 0 bridgehead atoms. The van der Waals surface area contributed by atoms with E-state index in [1.807, 2.05) is 0 Å². The van der Waals surface area contributed by atoms with Gasteiger partial charge in [0.25, 0.3) is 0 Å². The van der Waals surface area contributed by atoms with Gasteiger partial charge in [0, 0.05) is 13.1 Å². The van der Waals surface area contributed by atoms with Crippen molar-refractivity contribution in [2.75, 3.05) is 37.5 Å². The maximum atomic E-state index is 5.56. The second-order valence-electron chi connectivity index (χ2n) is 2.78. The van der Waals surface area contributed by atoms with E-state index in [-0.39, 0.29) is 0 Å². The lowest BCUT2D eigenvalue weighted by molar-refractivity contribution is 0.0497. The van der Waals surface area contributed by atoms with Crippen LogP contribution in [0.25, 0.3) is 0 Å². The highest BCUT2D eigenvalue weighted by Gasteiger charge is 2.10. The smallest absolute Gasteiger partial charge is 0.199 e. The Balaban J connectivity index is 1.89. The predicted molar refractivity (Wildman–Crippen MR) is 52.5 cm³/mol. The summed E-state index contributed by atoms with van der Waals surface area (Å²) in [4.78, 5) is 4.11. The van der Waals surface area contributed by atoms with Gasteiger partial charge in [0.1, 0.15) is 5.00 Å². The quantitative estimate of drug-likeness (QED) is 0.723. The van der Waals surface area contributed by atoms with E-state index in [0.717, 1.165) is 36.4 Å². The molecule has 0 unspecified atom stereocenters. The largest absolute Gasteiger partial charge is 0.389 e. The van der Waals surface area contributed by atoms with Gasteiger partial charge in [-0.25, -0.2) is 9.99 Å².